The first-order valence-corrected chi connectivity index (χ1v) is 27.7. The van der Waals surface area contributed by atoms with Gasteiger partial charge in [0.25, 0.3) is 20.0 Å². The van der Waals surface area contributed by atoms with E-state index < -0.39 is 63.4 Å². The van der Waals surface area contributed by atoms with Crippen LogP contribution < -0.4 is 14.8 Å². The van der Waals surface area contributed by atoms with Gasteiger partial charge in [-0.25, -0.2) is 39.4 Å². The number of thioether (sulfide) groups is 1. The Morgan fingerprint density at radius 2 is 1.21 bits per heavy atom. The number of sulfonamides is 2. The van der Waals surface area contributed by atoms with Crippen LogP contribution in [0, 0.1) is 28.7 Å². The van der Waals surface area contributed by atoms with Gasteiger partial charge >= 0.3 is 0 Å². The molecule has 9 nitrogen and oxygen atoms in total. The van der Waals surface area contributed by atoms with Gasteiger partial charge in [-0.15, -0.1) is 15.9 Å². The molecule has 16 heteroatoms. The smallest absolute Gasteiger partial charge is 0.259 e. The van der Waals surface area contributed by atoms with Gasteiger partial charge in [0.1, 0.15) is 17.1 Å². The van der Waals surface area contributed by atoms with Gasteiger partial charge in [0.05, 0.1) is 20.8 Å². The quantitative estimate of drug-likeness (QED) is 0.0423. The zero-order chi connectivity index (χ0) is 52.8. The molecular weight excluding hydrogens is 983 g/mol. The van der Waals surface area contributed by atoms with E-state index in [1.165, 1.54) is 22.3 Å². The summed E-state index contributed by atoms with van der Waals surface area (Å²) in [6, 6.07) is 28.2. The van der Waals surface area contributed by atoms with Gasteiger partial charge in [-0.05, 0) is 76.3 Å². The predicted molar refractivity (Wildman–Crippen MR) is 280 cm³/mol. The fourth-order valence-corrected chi connectivity index (χ4v) is 12.8. The number of carbonyl (C=O) groups is 1. The molecule has 0 amide bonds. The van der Waals surface area contributed by atoms with Crippen LogP contribution in [0.3, 0.4) is 0 Å². The van der Waals surface area contributed by atoms with E-state index in [-0.39, 0.29) is 64.7 Å². The molecule has 0 bridgehead atoms. The second-order valence-electron chi connectivity index (χ2n) is 20.1. The lowest BCUT2D eigenvalue weighted by Gasteiger charge is -2.22. The number of rotatable bonds is 16. The SMILES string of the molecule is CC(C)c1cccc(C(C)C)c1N=c1ccc2c(-c3ccccc3S(=O)(=O)NS(=O)(=O)c3c(F)c(F)c(SCCC(=O)C(C)(C)C)c(F)c3F)c3ccc(Nc4c(C(C)C)cccc4C(C)C)cc3oc-2c1. The number of nitrogens with one attached hydrogen (secondary N) is 2. The van der Waals surface area contributed by atoms with E-state index in [0.29, 0.717) is 33.1 Å². The molecule has 380 valence electrons. The lowest BCUT2D eigenvalue weighted by molar-refractivity contribution is -0.125. The van der Waals surface area contributed by atoms with Crippen LogP contribution in [-0.4, -0.2) is 28.4 Å². The lowest BCUT2D eigenvalue weighted by atomic mass is 9.89. The molecule has 2 aliphatic rings. The summed E-state index contributed by atoms with van der Waals surface area (Å²) in [6.07, 6.45) is -0.206. The number of carbonyl (C=O) groups excluding carboxylic acids is 1. The number of hydrogen-bond acceptors (Lipinski definition) is 9. The number of Topliss-reactive ketones (excluding diaryl/α,β-unsaturated/α-hetero) is 1. The van der Waals surface area contributed by atoms with Gasteiger partial charge in [-0.3, -0.25) is 4.79 Å². The number of para-hydroxylation sites is 2. The summed E-state index contributed by atoms with van der Waals surface area (Å²) in [5.74, 6) is -8.44. The highest BCUT2D eigenvalue weighted by molar-refractivity contribution is 8.04. The number of ketones is 1. The number of benzene rings is 6. The molecule has 0 aromatic heterocycles. The van der Waals surface area contributed by atoms with Crippen LogP contribution in [0.5, 0.6) is 0 Å². The van der Waals surface area contributed by atoms with E-state index in [1.807, 2.05) is 30.3 Å². The van der Waals surface area contributed by atoms with Crippen LogP contribution >= 0.6 is 11.8 Å². The molecule has 0 unspecified atom stereocenters. The highest BCUT2D eigenvalue weighted by Gasteiger charge is 2.37. The van der Waals surface area contributed by atoms with Gasteiger partial charge in [-0.2, -0.15) is 0 Å². The van der Waals surface area contributed by atoms with E-state index in [4.69, 9.17) is 9.41 Å². The first kappa shape index (κ1) is 54.0. The monoisotopic (exact) mass is 1040 g/mol. The van der Waals surface area contributed by atoms with Crippen molar-refractivity contribution in [3.05, 3.63) is 148 Å². The molecular formula is C56H59F4N3O6S3. The molecule has 1 aliphatic carbocycles. The number of anilines is 2. The maximum Gasteiger partial charge on any atom is 0.259 e. The van der Waals surface area contributed by atoms with E-state index in [1.54, 1.807) is 51.1 Å². The third-order valence-corrected chi connectivity index (χ3v) is 17.1. The lowest BCUT2D eigenvalue weighted by Crippen LogP contribution is -2.33. The van der Waals surface area contributed by atoms with Crippen molar-refractivity contribution in [2.24, 2.45) is 10.4 Å². The van der Waals surface area contributed by atoms with E-state index in [2.05, 4.69) is 72.8 Å². The van der Waals surface area contributed by atoms with E-state index in [0.717, 1.165) is 39.7 Å². The maximum absolute atomic E-state index is 15.7. The molecule has 5 aromatic carbocycles. The Morgan fingerprint density at radius 1 is 0.653 bits per heavy atom. The maximum atomic E-state index is 15.7. The Balaban J connectivity index is 1.40. The number of halogens is 4. The second kappa shape index (κ2) is 21.0. The Hall–Kier alpha value is -5.81. The minimum Gasteiger partial charge on any atom is -0.456 e. The molecule has 72 heavy (non-hydrogen) atoms. The van der Waals surface area contributed by atoms with E-state index in [9.17, 15) is 21.6 Å². The van der Waals surface area contributed by atoms with Crippen molar-refractivity contribution in [1.29, 1.82) is 0 Å². The van der Waals surface area contributed by atoms with Crippen LogP contribution in [0.1, 0.15) is 129 Å². The van der Waals surface area contributed by atoms with Crippen LogP contribution in [0.25, 0.3) is 33.4 Å². The zero-order valence-electron chi connectivity index (χ0n) is 42.1. The molecule has 7 rings (SSSR count). The largest absolute Gasteiger partial charge is 0.456 e. The highest BCUT2D eigenvalue weighted by Crippen LogP contribution is 2.45. The van der Waals surface area contributed by atoms with Crippen molar-refractivity contribution in [3.63, 3.8) is 0 Å². The second-order valence-corrected chi connectivity index (χ2v) is 24.7. The minimum absolute atomic E-state index is 0.0363. The summed E-state index contributed by atoms with van der Waals surface area (Å²) >= 11 is 0.284. The standard InChI is InChI=1S/C56H59F4N3O6S3/c1-30(2)36-17-14-18-37(31(3)4)52(36)61-34-22-24-40-43(28-34)69-44-29-35(62-53-38(32(5)6)19-15-20-39(53)33(7)8)23-25-41(44)47(40)42-16-12-13-21-45(42)71(65,66)63-72(67,68)55-50(59)48(57)54(49(58)51(55)60)70-27-26-46(64)56(9,10)11/h12-25,28-33,61,63H,26-27H2,1-11H3. The third-order valence-electron chi connectivity index (χ3n) is 12.5. The molecule has 0 saturated carbocycles. The van der Waals surface area contributed by atoms with Crippen molar-refractivity contribution >= 4 is 65.6 Å². The molecule has 0 radical (unpaired) electrons. The Bertz CT molecular complexity index is 3430. The summed E-state index contributed by atoms with van der Waals surface area (Å²) < 4.78 is 127. The summed E-state index contributed by atoms with van der Waals surface area (Å²) in [7, 11) is -11.3. The van der Waals surface area contributed by atoms with Gasteiger partial charge in [0, 0.05) is 63.2 Å². The van der Waals surface area contributed by atoms with E-state index >= 15 is 17.6 Å². The van der Waals surface area contributed by atoms with Crippen LogP contribution in [0.4, 0.5) is 34.6 Å². The van der Waals surface area contributed by atoms with Crippen LogP contribution in [-0.2, 0) is 24.8 Å². The molecule has 5 aromatic rings. The first-order chi connectivity index (χ1) is 33.7. The number of nitrogens with zero attached hydrogens (tertiary/aromatic N) is 1. The van der Waals surface area contributed by atoms with Gasteiger partial charge in [0.2, 0.25) is 0 Å². The Labute approximate surface area is 424 Å². The molecule has 0 fully saturated rings. The topological polar surface area (TPSA) is 135 Å². The van der Waals surface area contributed by atoms with Crippen molar-refractivity contribution < 1.29 is 43.6 Å². The predicted octanol–water partition coefficient (Wildman–Crippen LogP) is 15.0. The van der Waals surface area contributed by atoms with Gasteiger partial charge in [0.15, 0.2) is 28.2 Å². The molecule has 0 spiro atoms. The molecule has 1 heterocycles. The van der Waals surface area contributed by atoms with Gasteiger partial charge in [-0.1, -0.05) is 131 Å². The molecule has 2 N–H and O–H groups in total. The average Bonchev–Trinajstić information content (AvgIpc) is 3.30. The molecule has 1 aliphatic heterocycles. The first-order valence-electron chi connectivity index (χ1n) is 23.7. The highest BCUT2D eigenvalue weighted by atomic mass is 32.3. The molecule has 0 atom stereocenters. The average molecular weight is 1040 g/mol. The fourth-order valence-electron chi connectivity index (χ4n) is 8.64. The number of hydrogen-bond donors (Lipinski definition) is 2. The summed E-state index contributed by atoms with van der Waals surface area (Å²) in [5, 5.41) is 4.56. The summed E-state index contributed by atoms with van der Waals surface area (Å²) in [5.41, 5.74) is 6.85. The van der Waals surface area contributed by atoms with Crippen molar-refractivity contribution in [2.45, 2.75) is 121 Å². The summed E-state index contributed by atoms with van der Waals surface area (Å²) in [6.45, 7) is 21.7. The van der Waals surface area contributed by atoms with Gasteiger partial charge < -0.3 is 9.73 Å². The normalized spacial score (nSPS) is 12.9. The minimum atomic E-state index is -5.91. The number of fused-ring (bicyclic) bond motifs is 2. The molecule has 0 saturated heterocycles. The Morgan fingerprint density at radius 3 is 1.76 bits per heavy atom. The third kappa shape index (κ3) is 10.9. The zero-order valence-corrected chi connectivity index (χ0v) is 44.5. The van der Waals surface area contributed by atoms with Crippen molar-refractivity contribution in [2.75, 3.05) is 11.1 Å². The van der Waals surface area contributed by atoms with Crippen molar-refractivity contribution in [1.82, 2.24) is 4.13 Å². The summed E-state index contributed by atoms with van der Waals surface area (Å²) in [4.78, 5) is 13.5. The van der Waals surface area contributed by atoms with Crippen LogP contribution in [0.15, 0.2) is 121 Å². The van der Waals surface area contributed by atoms with Crippen molar-refractivity contribution in [3.8, 4) is 22.5 Å². The van der Waals surface area contributed by atoms with Crippen LogP contribution in [0.2, 0.25) is 0 Å². The fraction of sp³-hybridized carbons (Fsp3) is 0.321. The Kier molecular flexibility index (Phi) is 15.7.